The number of rotatable bonds is 4. The molecule has 0 spiro atoms. The molecule has 0 amide bonds. The van der Waals surface area contributed by atoms with E-state index < -0.39 is 5.97 Å². The van der Waals surface area contributed by atoms with E-state index in [4.69, 9.17) is 0 Å². The second-order valence-electron chi connectivity index (χ2n) is 4.36. The molecular weight excluding hydrogens is 238 g/mol. The molecule has 1 aromatic carbocycles. The number of aliphatic carboxylic acids is 1. The lowest BCUT2D eigenvalue weighted by Crippen LogP contribution is -2.04. The van der Waals surface area contributed by atoms with Gasteiger partial charge in [-0.1, -0.05) is 25.1 Å². The van der Waals surface area contributed by atoms with Gasteiger partial charge in [0.25, 0.3) is 0 Å². The molecule has 2 aromatic rings. The van der Waals surface area contributed by atoms with Crippen molar-refractivity contribution in [3.8, 4) is 5.69 Å². The smallest absolute Gasteiger partial charge is 0.331 e. The fraction of sp³-hybridized carbons (Fsp3) is 0.188. The zero-order chi connectivity index (χ0) is 13.8. The number of nitrogens with zero attached hydrogens (tertiary/aromatic N) is 1. The molecule has 3 heteroatoms. The highest BCUT2D eigenvalue weighted by molar-refractivity contribution is 5.95. The Morgan fingerprint density at radius 3 is 2.42 bits per heavy atom. The molecule has 0 radical (unpaired) electrons. The van der Waals surface area contributed by atoms with Gasteiger partial charge in [-0.15, -0.1) is 0 Å². The second-order valence-corrected chi connectivity index (χ2v) is 4.36. The summed E-state index contributed by atoms with van der Waals surface area (Å²) in [6.07, 6.45) is 2.64. The average molecular weight is 255 g/mol. The van der Waals surface area contributed by atoms with E-state index in [1.165, 1.54) is 0 Å². The first-order valence-electron chi connectivity index (χ1n) is 6.31. The highest BCUT2D eigenvalue weighted by Crippen LogP contribution is 2.25. The number of hydrogen-bond acceptors (Lipinski definition) is 1. The molecule has 0 aliphatic rings. The number of benzene rings is 1. The van der Waals surface area contributed by atoms with Crippen LogP contribution >= 0.6 is 0 Å². The molecule has 1 heterocycles. The van der Waals surface area contributed by atoms with Gasteiger partial charge in [0, 0.05) is 23.2 Å². The number of allylic oxidation sites excluding steroid dienone is 1. The van der Waals surface area contributed by atoms with Gasteiger partial charge in [0.15, 0.2) is 0 Å². The van der Waals surface area contributed by atoms with E-state index in [0.29, 0.717) is 12.0 Å². The van der Waals surface area contributed by atoms with E-state index in [2.05, 4.69) is 0 Å². The Labute approximate surface area is 112 Å². The summed E-state index contributed by atoms with van der Waals surface area (Å²) < 4.78 is 2.02. The fourth-order valence-corrected chi connectivity index (χ4v) is 2.21. The van der Waals surface area contributed by atoms with Crippen molar-refractivity contribution >= 4 is 11.5 Å². The summed E-state index contributed by atoms with van der Waals surface area (Å²) in [5, 5.41) is 9.18. The topological polar surface area (TPSA) is 42.2 Å². The molecule has 0 unspecified atom stereocenters. The molecule has 2 rings (SSSR count). The van der Waals surface area contributed by atoms with Gasteiger partial charge in [-0.3, -0.25) is 0 Å². The molecule has 1 N–H and O–H groups in total. The summed E-state index contributed by atoms with van der Waals surface area (Å²) in [6.45, 7) is 3.63. The molecule has 1 aromatic heterocycles. The molecule has 0 bridgehead atoms. The van der Waals surface area contributed by atoms with Crippen molar-refractivity contribution in [3.05, 3.63) is 59.9 Å². The number of carbonyl (C=O) groups is 1. The van der Waals surface area contributed by atoms with Crippen molar-refractivity contribution in [2.45, 2.75) is 20.3 Å². The second kappa shape index (κ2) is 5.57. The van der Waals surface area contributed by atoms with Gasteiger partial charge in [-0.05, 0) is 43.2 Å². The van der Waals surface area contributed by atoms with E-state index in [1.54, 1.807) is 6.92 Å². The summed E-state index contributed by atoms with van der Waals surface area (Å²) >= 11 is 0. The fourth-order valence-electron chi connectivity index (χ4n) is 2.21. The van der Waals surface area contributed by atoms with Gasteiger partial charge in [0.2, 0.25) is 0 Å². The summed E-state index contributed by atoms with van der Waals surface area (Å²) in [7, 11) is 0. The lowest BCUT2D eigenvalue weighted by atomic mass is 10.0. The highest BCUT2D eigenvalue weighted by Gasteiger charge is 2.13. The third kappa shape index (κ3) is 2.60. The number of carboxylic acids is 1. The van der Waals surface area contributed by atoms with E-state index >= 15 is 0 Å². The van der Waals surface area contributed by atoms with E-state index in [-0.39, 0.29) is 0 Å². The number of hydrogen-bond donors (Lipinski definition) is 1. The van der Waals surface area contributed by atoms with Crippen LogP contribution in [-0.2, 0) is 4.79 Å². The van der Waals surface area contributed by atoms with Crippen LogP contribution < -0.4 is 0 Å². The van der Waals surface area contributed by atoms with Crippen LogP contribution in [-0.4, -0.2) is 15.6 Å². The molecule has 19 heavy (non-hydrogen) atoms. The summed E-state index contributed by atoms with van der Waals surface area (Å²) in [4.78, 5) is 11.2. The van der Waals surface area contributed by atoms with Gasteiger partial charge >= 0.3 is 5.97 Å². The minimum absolute atomic E-state index is 0.401. The zero-order valence-electron chi connectivity index (χ0n) is 11.1. The summed E-state index contributed by atoms with van der Waals surface area (Å²) in [5.74, 6) is -0.863. The quantitative estimate of drug-likeness (QED) is 0.845. The zero-order valence-corrected chi connectivity index (χ0v) is 11.1. The first-order chi connectivity index (χ1) is 9.15. The van der Waals surface area contributed by atoms with Crippen LogP contribution in [0.15, 0.2) is 54.2 Å². The van der Waals surface area contributed by atoms with E-state index in [9.17, 15) is 9.90 Å². The molecule has 0 saturated heterocycles. The minimum atomic E-state index is -0.863. The van der Waals surface area contributed by atoms with E-state index in [0.717, 1.165) is 17.0 Å². The van der Waals surface area contributed by atoms with Crippen LogP contribution in [0.2, 0.25) is 0 Å². The first kappa shape index (κ1) is 13.1. The lowest BCUT2D eigenvalue weighted by molar-refractivity contribution is -0.132. The predicted octanol–water partition coefficient (Wildman–Crippen LogP) is 3.75. The van der Waals surface area contributed by atoms with Crippen LogP contribution in [0, 0.1) is 0 Å². The van der Waals surface area contributed by atoms with Crippen LogP contribution in [0.3, 0.4) is 0 Å². The highest BCUT2D eigenvalue weighted by atomic mass is 16.4. The molecule has 0 saturated carbocycles. The largest absolute Gasteiger partial charge is 0.478 e. The van der Waals surface area contributed by atoms with Crippen LogP contribution in [0.5, 0.6) is 0 Å². The minimum Gasteiger partial charge on any atom is -0.478 e. The SMILES string of the molecule is CCC(=C(C)C(=O)O)c1cccn1-c1ccccc1. The average Bonchev–Trinajstić information content (AvgIpc) is 2.89. The third-order valence-electron chi connectivity index (χ3n) is 3.22. The standard InChI is InChI=1S/C16H17NO2/c1-3-14(12(2)16(18)19)15-10-7-11-17(15)13-8-5-4-6-9-13/h4-11H,3H2,1-2H3,(H,18,19). The van der Waals surface area contributed by atoms with Gasteiger partial charge in [-0.25, -0.2) is 4.79 Å². The molecule has 98 valence electrons. The van der Waals surface area contributed by atoms with Crippen molar-refractivity contribution in [1.82, 2.24) is 4.57 Å². The molecule has 0 aliphatic carbocycles. The number of para-hydroxylation sites is 1. The van der Waals surface area contributed by atoms with Crippen LogP contribution in [0.1, 0.15) is 26.0 Å². The maximum absolute atomic E-state index is 11.2. The maximum atomic E-state index is 11.2. The van der Waals surface area contributed by atoms with E-state index in [1.807, 2.05) is 60.2 Å². The third-order valence-corrected chi connectivity index (χ3v) is 3.22. The summed E-state index contributed by atoms with van der Waals surface area (Å²) in [6, 6.07) is 13.8. The molecule has 0 aliphatic heterocycles. The molecule has 3 nitrogen and oxygen atoms in total. The Morgan fingerprint density at radius 2 is 1.84 bits per heavy atom. The van der Waals surface area contributed by atoms with Crippen LogP contribution in [0.25, 0.3) is 11.3 Å². The van der Waals surface area contributed by atoms with Crippen molar-refractivity contribution in [3.63, 3.8) is 0 Å². The number of aromatic nitrogens is 1. The van der Waals surface area contributed by atoms with Gasteiger partial charge in [-0.2, -0.15) is 0 Å². The van der Waals surface area contributed by atoms with Gasteiger partial charge in [0.05, 0.1) is 0 Å². The Balaban J connectivity index is 2.56. The van der Waals surface area contributed by atoms with Crippen LogP contribution in [0.4, 0.5) is 0 Å². The first-order valence-corrected chi connectivity index (χ1v) is 6.31. The van der Waals surface area contributed by atoms with Crippen molar-refractivity contribution in [1.29, 1.82) is 0 Å². The summed E-state index contributed by atoms with van der Waals surface area (Å²) in [5.41, 5.74) is 3.24. The lowest BCUT2D eigenvalue weighted by Gasteiger charge is -2.13. The van der Waals surface area contributed by atoms with Crippen molar-refractivity contribution in [2.75, 3.05) is 0 Å². The monoisotopic (exact) mass is 255 g/mol. The number of carboxylic acid groups (broad SMARTS) is 1. The normalized spacial score (nSPS) is 12.1. The molecular formula is C16H17NO2. The van der Waals surface area contributed by atoms with Gasteiger partial charge in [0.1, 0.15) is 0 Å². The Bertz CT molecular complexity index is 609. The molecule has 0 fully saturated rings. The van der Waals surface area contributed by atoms with Gasteiger partial charge < -0.3 is 9.67 Å². The van der Waals surface area contributed by atoms with Crippen molar-refractivity contribution in [2.24, 2.45) is 0 Å². The Morgan fingerprint density at radius 1 is 1.16 bits per heavy atom. The Hall–Kier alpha value is -2.29. The maximum Gasteiger partial charge on any atom is 0.331 e. The van der Waals surface area contributed by atoms with Crippen molar-refractivity contribution < 1.29 is 9.90 Å². The predicted molar refractivity (Wildman–Crippen MR) is 76.3 cm³/mol. The Kier molecular flexibility index (Phi) is 3.85. The molecule has 0 atom stereocenters.